The Morgan fingerprint density at radius 2 is 1.96 bits per heavy atom. The smallest absolute Gasteiger partial charge is 0.238 e. The van der Waals surface area contributed by atoms with E-state index in [0.717, 1.165) is 31.7 Å². The molecule has 130 valence electrons. The molecule has 2 amide bonds. The second-order valence-electron chi connectivity index (χ2n) is 6.66. The van der Waals surface area contributed by atoms with Crippen molar-refractivity contribution in [2.75, 3.05) is 37.6 Å². The largest absolute Gasteiger partial charge is 0.355 e. The number of hydrogen-bond donors (Lipinski definition) is 1. The Morgan fingerprint density at radius 3 is 2.54 bits per heavy atom. The van der Waals surface area contributed by atoms with Gasteiger partial charge in [0.2, 0.25) is 11.8 Å². The molecule has 2 fully saturated rings. The zero-order chi connectivity index (χ0) is 17.0. The van der Waals surface area contributed by atoms with Crippen LogP contribution in [0.5, 0.6) is 0 Å². The molecule has 1 saturated carbocycles. The minimum atomic E-state index is -0.777. The molecule has 0 bridgehead atoms. The van der Waals surface area contributed by atoms with E-state index in [9.17, 15) is 9.59 Å². The summed E-state index contributed by atoms with van der Waals surface area (Å²) in [7, 11) is 0. The maximum atomic E-state index is 12.8. The van der Waals surface area contributed by atoms with Crippen molar-refractivity contribution in [3.63, 3.8) is 0 Å². The molecule has 2 heterocycles. The molecule has 0 atom stereocenters. The first-order chi connectivity index (χ1) is 11.7. The molecular weight excluding hydrogens is 304 g/mol. The van der Waals surface area contributed by atoms with Gasteiger partial charge in [-0.1, -0.05) is 19.4 Å². The predicted octanol–water partition coefficient (Wildman–Crippen LogP) is 1.43. The van der Waals surface area contributed by atoms with Gasteiger partial charge >= 0.3 is 0 Å². The summed E-state index contributed by atoms with van der Waals surface area (Å²) in [6.45, 7) is 5.58. The molecule has 2 aliphatic rings. The molecule has 0 unspecified atom stereocenters. The van der Waals surface area contributed by atoms with Crippen LogP contribution in [-0.2, 0) is 9.59 Å². The summed E-state index contributed by atoms with van der Waals surface area (Å²) in [6, 6.07) is 5.86. The number of carbonyl (C=O) groups is 2. The lowest BCUT2D eigenvalue weighted by Crippen LogP contribution is -2.53. The summed E-state index contributed by atoms with van der Waals surface area (Å²) in [5, 5.41) is 2.93. The van der Waals surface area contributed by atoms with Crippen molar-refractivity contribution in [3.05, 3.63) is 24.4 Å². The lowest BCUT2D eigenvalue weighted by Gasteiger charge is -2.36. The molecule has 3 rings (SSSR count). The summed E-state index contributed by atoms with van der Waals surface area (Å²) in [5.74, 6) is 0.883. The number of nitrogens with one attached hydrogen (secondary N) is 1. The van der Waals surface area contributed by atoms with E-state index in [1.807, 2.05) is 23.1 Å². The molecule has 1 aliphatic heterocycles. The zero-order valence-electron chi connectivity index (χ0n) is 14.3. The minimum Gasteiger partial charge on any atom is -0.355 e. The molecular formula is C18H26N4O2. The van der Waals surface area contributed by atoms with Crippen LogP contribution in [0.2, 0.25) is 0 Å². The van der Waals surface area contributed by atoms with Crippen LogP contribution in [-0.4, -0.2) is 54.4 Å². The highest BCUT2D eigenvalue weighted by Gasteiger charge is 2.58. The number of pyridine rings is 1. The van der Waals surface area contributed by atoms with Gasteiger partial charge in [0.25, 0.3) is 0 Å². The number of amides is 2. The van der Waals surface area contributed by atoms with Crippen molar-refractivity contribution < 1.29 is 9.59 Å². The number of nitrogens with zero attached hydrogens (tertiary/aromatic N) is 3. The summed E-state index contributed by atoms with van der Waals surface area (Å²) >= 11 is 0. The molecule has 1 aromatic rings. The fourth-order valence-corrected chi connectivity index (χ4v) is 3.19. The van der Waals surface area contributed by atoms with Crippen molar-refractivity contribution in [1.29, 1.82) is 0 Å². The Morgan fingerprint density at radius 1 is 1.21 bits per heavy atom. The Balaban J connectivity index is 1.54. The molecule has 6 heteroatoms. The van der Waals surface area contributed by atoms with Gasteiger partial charge in [-0.25, -0.2) is 4.98 Å². The molecule has 0 spiro atoms. The number of aromatic nitrogens is 1. The average molecular weight is 330 g/mol. The third-order valence-corrected chi connectivity index (χ3v) is 4.95. The van der Waals surface area contributed by atoms with Crippen LogP contribution in [0.4, 0.5) is 5.82 Å². The highest BCUT2D eigenvalue weighted by Crippen LogP contribution is 2.47. The SMILES string of the molecule is CCCCNC(=O)C1(C(=O)N2CCN(c3ccccn3)CC2)CC1. The third kappa shape index (κ3) is 3.37. The molecule has 0 radical (unpaired) electrons. The second kappa shape index (κ2) is 7.20. The normalized spacial score (nSPS) is 19.0. The van der Waals surface area contributed by atoms with Crippen molar-refractivity contribution in [2.45, 2.75) is 32.6 Å². The topological polar surface area (TPSA) is 65.5 Å². The lowest BCUT2D eigenvalue weighted by atomic mass is 10.0. The first-order valence-corrected chi connectivity index (χ1v) is 8.91. The first kappa shape index (κ1) is 16.7. The lowest BCUT2D eigenvalue weighted by molar-refractivity contribution is -0.144. The van der Waals surface area contributed by atoms with Crippen LogP contribution >= 0.6 is 0 Å². The van der Waals surface area contributed by atoms with Crippen molar-refractivity contribution in [1.82, 2.24) is 15.2 Å². The van der Waals surface area contributed by atoms with Crippen molar-refractivity contribution in [2.24, 2.45) is 5.41 Å². The summed E-state index contributed by atoms with van der Waals surface area (Å²) in [4.78, 5) is 33.6. The summed E-state index contributed by atoms with van der Waals surface area (Å²) in [6.07, 6.45) is 5.15. The molecule has 1 aliphatic carbocycles. The zero-order valence-corrected chi connectivity index (χ0v) is 14.3. The highest BCUT2D eigenvalue weighted by atomic mass is 16.2. The molecule has 1 saturated heterocycles. The van der Waals surface area contributed by atoms with E-state index in [0.29, 0.717) is 32.5 Å². The first-order valence-electron chi connectivity index (χ1n) is 8.91. The van der Waals surface area contributed by atoms with Crippen LogP contribution in [0.3, 0.4) is 0 Å². The maximum absolute atomic E-state index is 12.8. The van der Waals surface area contributed by atoms with Gasteiger partial charge in [-0.2, -0.15) is 0 Å². The van der Waals surface area contributed by atoms with Crippen LogP contribution in [0, 0.1) is 5.41 Å². The van der Waals surface area contributed by atoms with Gasteiger partial charge in [-0.05, 0) is 31.4 Å². The minimum absolute atomic E-state index is 0.0113. The van der Waals surface area contributed by atoms with Gasteiger partial charge in [0.05, 0.1) is 0 Å². The van der Waals surface area contributed by atoms with E-state index in [-0.39, 0.29) is 11.8 Å². The van der Waals surface area contributed by atoms with E-state index >= 15 is 0 Å². The maximum Gasteiger partial charge on any atom is 0.238 e. The van der Waals surface area contributed by atoms with Gasteiger partial charge in [-0.15, -0.1) is 0 Å². The quantitative estimate of drug-likeness (QED) is 0.633. The van der Waals surface area contributed by atoms with Crippen molar-refractivity contribution in [3.8, 4) is 0 Å². The number of unbranched alkanes of at least 4 members (excludes halogenated alkanes) is 1. The van der Waals surface area contributed by atoms with Crippen LogP contribution in [0.15, 0.2) is 24.4 Å². The molecule has 6 nitrogen and oxygen atoms in total. The van der Waals surface area contributed by atoms with E-state index in [1.54, 1.807) is 6.20 Å². The molecule has 1 aromatic heterocycles. The number of anilines is 1. The van der Waals surface area contributed by atoms with E-state index in [2.05, 4.69) is 22.1 Å². The van der Waals surface area contributed by atoms with Gasteiger partial charge < -0.3 is 15.1 Å². The van der Waals surface area contributed by atoms with Gasteiger partial charge in [0.1, 0.15) is 11.2 Å². The van der Waals surface area contributed by atoms with Gasteiger partial charge in [-0.3, -0.25) is 9.59 Å². The predicted molar refractivity (Wildman–Crippen MR) is 92.6 cm³/mol. The number of piperazine rings is 1. The van der Waals surface area contributed by atoms with E-state index in [1.165, 1.54) is 0 Å². The summed E-state index contributed by atoms with van der Waals surface area (Å²) < 4.78 is 0. The third-order valence-electron chi connectivity index (χ3n) is 4.95. The molecule has 24 heavy (non-hydrogen) atoms. The molecule has 0 aromatic carbocycles. The molecule has 1 N–H and O–H groups in total. The van der Waals surface area contributed by atoms with Crippen molar-refractivity contribution >= 4 is 17.6 Å². The Hall–Kier alpha value is -2.11. The number of hydrogen-bond acceptors (Lipinski definition) is 4. The fraction of sp³-hybridized carbons (Fsp3) is 0.611. The van der Waals surface area contributed by atoms with Gasteiger partial charge in [0.15, 0.2) is 0 Å². The Labute approximate surface area is 143 Å². The van der Waals surface area contributed by atoms with E-state index < -0.39 is 5.41 Å². The highest BCUT2D eigenvalue weighted by molar-refractivity contribution is 6.07. The number of rotatable bonds is 6. The van der Waals surface area contributed by atoms with Crippen LogP contribution < -0.4 is 10.2 Å². The Kier molecular flexibility index (Phi) is 5.02. The van der Waals surface area contributed by atoms with E-state index in [4.69, 9.17) is 0 Å². The fourth-order valence-electron chi connectivity index (χ4n) is 3.19. The monoisotopic (exact) mass is 330 g/mol. The Bertz CT molecular complexity index is 578. The second-order valence-corrected chi connectivity index (χ2v) is 6.66. The average Bonchev–Trinajstić information content (AvgIpc) is 3.44. The van der Waals surface area contributed by atoms with Crippen LogP contribution in [0.25, 0.3) is 0 Å². The van der Waals surface area contributed by atoms with Crippen LogP contribution in [0.1, 0.15) is 32.6 Å². The number of carbonyl (C=O) groups excluding carboxylic acids is 2. The standard InChI is InChI=1S/C18H26N4O2/c1-2-3-9-20-16(23)18(7-8-18)17(24)22-13-11-21(12-14-22)15-6-4-5-10-19-15/h4-6,10H,2-3,7-9,11-14H2,1H3,(H,20,23). The van der Waals surface area contributed by atoms with Gasteiger partial charge in [0, 0.05) is 38.9 Å². The summed E-state index contributed by atoms with van der Waals surface area (Å²) in [5.41, 5.74) is -0.777.